The molecule has 78 valence electrons. The van der Waals surface area contributed by atoms with Crippen LogP contribution < -0.4 is 4.72 Å². The monoisotopic (exact) mass is 203 g/mol. The summed E-state index contributed by atoms with van der Waals surface area (Å²) < 4.78 is 14.8. The number of hydrogen-bond donors (Lipinski definition) is 1. The smallest absolute Gasteiger partial charge is 0.0946 e. The average molecular weight is 203 g/mol. The molecule has 0 saturated heterocycles. The highest BCUT2D eigenvalue weighted by Gasteiger charge is 2.37. The van der Waals surface area contributed by atoms with E-state index in [0.717, 1.165) is 18.3 Å². The van der Waals surface area contributed by atoms with Gasteiger partial charge >= 0.3 is 0 Å². The van der Waals surface area contributed by atoms with E-state index in [9.17, 15) is 4.21 Å². The molecule has 0 amide bonds. The molecule has 1 aliphatic rings. The summed E-state index contributed by atoms with van der Waals surface area (Å²) in [5.41, 5.74) is 0. The molecule has 13 heavy (non-hydrogen) atoms. The van der Waals surface area contributed by atoms with Crippen molar-refractivity contribution in [3.05, 3.63) is 0 Å². The molecule has 1 saturated carbocycles. The lowest BCUT2D eigenvalue weighted by atomic mass is 10.2. The highest BCUT2D eigenvalue weighted by molar-refractivity contribution is 7.83. The predicted octanol–water partition coefficient (Wildman–Crippen LogP) is 2.08. The van der Waals surface area contributed by atoms with Crippen molar-refractivity contribution in [3.8, 4) is 0 Å². The molecule has 5 atom stereocenters. The number of nitrogens with one attached hydrogen (secondary N) is 1. The molecule has 1 N–H and O–H groups in total. The van der Waals surface area contributed by atoms with E-state index in [4.69, 9.17) is 0 Å². The van der Waals surface area contributed by atoms with Crippen LogP contribution in [0, 0.1) is 11.8 Å². The fraction of sp³-hybridized carbons (Fsp3) is 1.00. The van der Waals surface area contributed by atoms with Crippen LogP contribution in [-0.2, 0) is 11.0 Å². The number of hydrogen-bond acceptors (Lipinski definition) is 1. The standard InChI is InChI=1S/C10H21NOS/c1-5-8(3)13(12)11-9(4)10-6-7(10)2/h7-11H,5-6H2,1-4H3/t7-,8?,9-,10-,13?/m0/s1. The van der Waals surface area contributed by atoms with Gasteiger partial charge in [0.05, 0.1) is 11.0 Å². The first-order valence-electron chi connectivity index (χ1n) is 5.23. The lowest BCUT2D eigenvalue weighted by molar-refractivity contribution is 0.554. The van der Waals surface area contributed by atoms with E-state index in [0.29, 0.717) is 6.04 Å². The molecular formula is C10H21NOS. The van der Waals surface area contributed by atoms with Gasteiger partial charge in [-0.25, -0.2) is 8.93 Å². The molecule has 0 aromatic carbocycles. The van der Waals surface area contributed by atoms with Crippen LogP contribution in [0.25, 0.3) is 0 Å². The zero-order chi connectivity index (χ0) is 10.0. The van der Waals surface area contributed by atoms with E-state index in [2.05, 4.69) is 25.5 Å². The van der Waals surface area contributed by atoms with Crippen LogP contribution in [0.15, 0.2) is 0 Å². The molecule has 0 radical (unpaired) electrons. The lowest BCUT2D eigenvalue weighted by Crippen LogP contribution is -2.34. The average Bonchev–Trinajstić information content (AvgIpc) is 2.81. The summed E-state index contributed by atoms with van der Waals surface area (Å²) in [4.78, 5) is 0. The molecule has 0 spiro atoms. The highest BCUT2D eigenvalue weighted by atomic mass is 32.2. The summed E-state index contributed by atoms with van der Waals surface area (Å²) in [5.74, 6) is 1.59. The van der Waals surface area contributed by atoms with Crippen molar-refractivity contribution < 1.29 is 4.21 Å². The van der Waals surface area contributed by atoms with Gasteiger partial charge in [0.2, 0.25) is 0 Å². The maximum Gasteiger partial charge on any atom is 0.0946 e. The maximum atomic E-state index is 11.6. The van der Waals surface area contributed by atoms with Gasteiger partial charge in [0.25, 0.3) is 0 Å². The van der Waals surface area contributed by atoms with Crippen molar-refractivity contribution >= 4 is 11.0 Å². The molecule has 0 aliphatic heterocycles. The van der Waals surface area contributed by atoms with Crippen molar-refractivity contribution in [1.29, 1.82) is 0 Å². The van der Waals surface area contributed by atoms with Crippen LogP contribution in [0.4, 0.5) is 0 Å². The quantitative estimate of drug-likeness (QED) is 0.728. The Morgan fingerprint density at radius 1 is 1.54 bits per heavy atom. The molecule has 1 aliphatic carbocycles. The van der Waals surface area contributed by atoms with E-state index in [1.54, 1.807) is 0 Å². The minimum atomic E-state index is -0.840. The van der Waals surface area contributed by atoms with Gasteiger partial charge in [-0.2, -0.15) is 0 Å². The van der Waals surface area contributed by atoms with E-state index in [1.165, 1.54) is 6.42 Å². The van der Waals surface area contributed by atoms with Crippen molar-refractivity contribution in [3.63, 3.8) is 0 Å². The Kier molecular flexibility index (Phi) is 3.92. The third-order valence-electron chi connectivity index (χ3n) is 3.06. The van der Waals surface area contributed by atoms with Gasteiger partial charge < -0.3 is 0 Å². The molecule has 3 heteroatoms. The van der Waals surface area contributed by atoms with E-state index in [-0.39, 0.29) is 5.25 Å². The second kappa shape index (κ2) is 4.56. The van der Waals surface area contributed by atoms with Gasteiger partial charge in [-0.3, -0.25) is 0 Å². The largest absolute Gasteiger partial charge is 0.243 e. The Bertz CT molecular complexity index is 195. The van der Waals surface area contributed by atoms with Gasteiger partial charge in [-0.1, -0.05) is 13.8 Å². The molecular weight excluding hydrogens is 182 g/mol. The molecule has 1 fully saturated rings. The minimum absolute atomic E-state index is 0.275. The molecule has 0 bridgehead atoms. The fourth-order valence-electron chi connectivity index (χ4n) is 1.59. The van der Waals surface area contributed by atoms with Crippen LogP contribution in [-0.4, -0.2) is 15.5 Å². The van der Waals surface area contributed by atoms with Crippen LogP contribution in [0.5, 0.6) is 0 Å². The van der Waals surface area contributed by atoms with Crippen LogP contribution in [0.3, 0.4) is 0 Å². The molecule has 0 heterocycles. The van der Waals surface area contributed by atoms with Gasteiger partial charge in [0.15, 0.2) is 0 Å². The summed E-state index contributed by atoms with van der Waals surface area (Å²) in [7, 11) is -0.840. The second-order valence-electron chi connectivity index (χ2n) is 4.30. The molecule has 2 unspecified atom stereocenters. The van der Waals surface area contributed by atoms with Crippen molar-refractivity contribution in [2.75, 3.05) is 0 Å². The van der Waals surface area contributed by atoms with Crippen LogP contribution in [0.1, 0.15) is 40.5 Å². The van der Waals surface area contributed by atoms with E-state index < -0.39 is 11.0 Å². The third kappa shape index (κ3) is 3.06. The molecule has 0 aromatic rings. The zero-order valence-electron chi connectivity index (χ0n) is 9.04. The fourth-order valence-corrected chi connectivity index (χ4v) is 2.66. The Labute approximate surface area is 84.1 Å². The van der Waals surface area contributed by atoms with Gasteiger partial charge in [-0.15, -0.1) is 0 Å². The van der Waals surface area contributed by atoms with Crippen LogP contribution in [0.2, 0.25) is 0 Å². The van der Waals surface area contributed by atoms with E-state index in [1.807, 2.05) is 6.92 Å². The number of rotatable bonds is 5. The molecule has 1 rings (SSSR count). The highest BCUT2D eigenvalue weighted by Crippen LogP contribution is 2.40. The Hall–Kier alpha value is 0.110. The summed E-state index contributed by atoms with van der Waals surface area (Å²) in [6.07, 6.45) is 2.28. The first-order chi connectivity index (χ1) is 6.06. The van der Waals surface area contributed by atoms with Crippen molar-refractivity contribution in [2.45, 2.75) is 51.8 Å². The lowest BCUT2D eigenvalue weighted by Gasteiger charge is -2.15. The summed E-state index contributed by atoms with van der Waals surface area (Å²) >= 11 is 0. The Morgan fingerprint density at radius 2 is 2.08 bits per heavy atom. The Morgan fingerprint density at radius 3 is 2.46 bits per heavy atom. The van der Waals surface area contributed by atoms with Crippen molar-refractivity contribution in [2.24, 2.45) is 11.8 Å². The zero-order valence-corrected chi connectivity index (χ0v) is 9.86. The summed E-state index contributed by atoms with van der Waals surface area (Å²) in [6, 6.07) is 0.421. The topological polar surface area (TPSA) is 29.1 Å². The minimum Gasteiger partial charge on any atom is -0.243 e. The van der Waals surface area contributed by atoms with E-state index >= 15 is 0 Å². The Balaban J connectivity index is 2.27. The summed E-state index contributed by atoms with van der Waals surface area (Å²) in [5, 5.41) is 0.275. The van der Waals surface area contributed by atoms with Gasteiger partial charge in [0, 0.05) is 11.3 Å². The van der Waals surface area contributed by atoms with Crippen molar-refractivity contribution in [1.82, 2.24) is 4.72 Å². The third-order valence-corrected chi connectivity index (χ3v) is 4.72. The SMILES string of the molecule is CCC(C)S(=O)N[C@@H](C)[C@H]1C[C@@H]1C. The van der Waals surface area contributed by atoms with Crippen LogP contribution >= 0.6 is 0 Å². The maximum absolute atomic E-state index is 11.6. The first-order valence-corrected chi connectivity index (χ1v) is 6.44. The normalized spacial score (nSPS) is 33.8. The first kappa shape index (κ1) is 11.2. The van der Waals surface area contributed by atoms with Gasteiger partial charge in [0.1, 0.15) is 0 Å². The predicted molar refractivity (Wildman–Crippen MR) is 57.8 cm³/mol. The molecule has 2 nitrogen and oxygen atoms in total. The van der Waals surface area contributed by atoms with Gasteiger partial charge in [-0.05, 0) is 38.5 Å². The molecule has 0 aromatic heterocycles. The second-order valence-corrected chi connectivity index (χ2v) is 5.93. The summed E-state index contributed by atoms with van der Waals surface area (Å²) in [6.45, 7) is 8.52.